The summed E-state index contributed by atoms with van der Waals surface area (Å²) in [7, 11) is 0. The number of hydrogen-bond donors (Lipinski definition) is 0. The minimum Gasteiger partial charge on any atom is -0.489 e. The highest BCUT2D eigenvalue weighted by Crippen LogP contribution is 2.23. The number of carbonyl (C=O) groups excluding carboxylic acids is 1. The van der Waals surface area contributed by atoms with Crippen LogP contribution in [0, 0.1) is 0 Å². The highest BCUT2D eigenvalue weighted by atomic mass is 35.5. The molecule has 0 saturated carbocycles. The Labute approximate surface area is 134 Å². The molecular formula is C17H16Cl2O2. The van der Waals surface area contributed by atoms with Gasteiger partial charge in [-0.15, -0.1) is 0 Å². The molecule has 0 amide bonds. The van der Waals surface area contributed by atoms with Gasteiger partial charge in [0.15, 0.2) is 5.78 Å². The molecule has 4 heteroatoms. The summed E-state index contributed by atoms with van der Waals surface area (Å²) >= 11 is 11.8. The lowest BCUT2D eigenvalue weighted by molar-refractivity contribution is 0.0981. The predicted molar refractivity (Wildman–Crippen MR) is 86.5 cm³/mol. The van der Waals surface area contributed by atoms with Crippen LogP contribution in [0.2, 0.25) is 10.0 Å². The second-order valence-corrected chi connectivity index (χ2v) is 5.55. The maximum atomic E-state index is 11.7. The van der Waals surface area contributed by atoms with Crippen LogP contribution in [-0.4, -0.2) is 5.78 Å². The molecule has 0 aromatic heterocycles. The second-order valence-electron chi connectivity index (χ2n) is 4.73. The Morgan fingerprint density at radius 3 is 2.38 bits per heavy atom. The van der Waals surface area contributed by atoms with Gasteiger partial charge in [-0.1, -0.05) is 36.2 Å². The van der Waals surface area contributed by atoms with E-state index in [1.54, 1.807) is 36.4 Å². The molecule has 110 valence electrons. The summed E-state index contributed by atoms with van der Waals surface area (Å²) in [5.74, 6) is 0.877. The van der Waals surface area contributed by atoms with Gasteiger partial charge in [0.1, 0.15) is 12.4 Å². The standard InChI is InChI=1S/C17H16Cl2O2/c1-2-3-17(20)13-5-7-14(8-6-13)21-11-12-4-9-15(18)16(19)10-12/h4-10H,2-3,11H2,1H3. The summed E-state index contributed by atoms with van der Waals surface area (Å²) in [4.78, 5) is 11.7. The number of Topliss-reactive ketones (excluding diaryl/α,β-unsaturated/α-hetero) is 1. The van der Waals surface area contributed by atoms with Crippen molar-refractivity contribution in [3.05, 3.63) is 63.6 Å². The molecular weight excluding hydrogens is 307 g/mol. The van der Waals surface area contributed by atoms with Crippen LogP contribution in [0.1, 0.15) is 35.7 Å². The van der Waals surface area contributed by atoms with Crippen molar-refractivity contribution in [1.82, 2.24) is 0 Å². The Kier molecular flexibility index (Phi) is 5.66. The van der Waals surface area contributed by atoms with E-state index in [-0.39, 0.29) is 5.78 Å². The van der Waals surface area contributed by atoms with Gasteiger partial charge in [-0.3, -0.25) is 4.79 Å². The zero-order valence-corrected chi connectivity index (χ0v) is 13.2. The average molecular weight is 323 g/mol. The van der Waals surface area contributed by atoms with Crippen molar-refractivity contribution < 1.29 is 9.53 Å². The van der Waals surface area contributed by atoms with Crippen molar-refractivity contribution in [2.24, 2.45) is 0 Å². The largest absolute Gasteiger partial charge is 0.489 e. The van der Waals surface area contributed by atoms with Crippen LogP contribution >= 0.6 is 23.2 Å². The van der Waals surface area contributed by atoms with Crippen LogP contribution in [0.25, 0.3) is 0 Å². The highest BCUT2D eigenvalue weighted by molar-refractivity contribution is 6.42. The molecule has 0 N–H and O–H groups in total. The molecule has 0 aliphatic heterocycles. The summed E-state index contributed by atoms with van der Waals surface area (Å²) < 4.78 is 5.67. The van der Waals surface area contributed by atoms with E-state index in [1.807, 2.05) is 13.0 Å². The maximum absolute atomic E-state index is 11.7. The van der Waals surface area contributed by atoms with E-state index in [1.165, 1.54) is 0 Å². The summed E-state index contributed by atoms with van der Waals surface area (Å²) in [5, 5.41) is 1.04. The summed E-state index contributed by atoms with van der Waals surface area (Å²) in [5.41, 5.74) is 1.66. The van der Waals surface area contributed by atoms with Gasteiger partial charge in [0.05, 0.1) is 10.0 Å². The van der Waals surface area contributed by atoms with Crippen molar-refractivity contribution in [3.63, 3.8) is 0 Å². The normalized spacial score (nSPS) is 10.4. The third-order valence-electron chi connectivity index (χ3n) is 3.04. The number of benzene rings is 2. The van der Waals surface area contributed by atoms with Crippen molar-refractivity contribution in [3.8, 4) is 5.75 Å². The first-order valence-electron chi connectivity index (χ1n) is 6.80. The molecule has 21 heavy (non-hydrogen) atoms. The Balaban J connectivity index is 1.97. The number of halogens is 2. The number of carbonyl (C=O) groups is 1. The molecule has 2 nitrogen and oxygen atoms in total. The van der Waals surface area contributed by atoms with E-state index < -0.39 is 0 Å². The van der Waals surface area contributed by atoms with Crippen molar-refractivity contribution in [2.45, 2.75) is 26.4 Å². The van der Waals surface area contributed by atoms with E-state index in [0.29, 0.717) is 28.8 Å². The van der Waals surface area contributed by atoms with Gasteiger partial charge >= 0.3 is 0 Å². The zero-order chi connectivity index (χ0) is 15.2. The first-order chi connectivity index (χ1) is 10.1. The summed E-state index contributed by atoms with van der Waals surface area (Å²) in [6.45, 7) is 2.39. The molecule has 0 spiro atoms. The molecule has 0 saturated heterocycles. The monoisotopic (exact) mass is 322 g/mol. The van der Waals surface area contributed by atoms with E-state index in [0.717, 1.165) is 17.5 Å². The fraction of sp³-hybridized carbons (Fsp3) is 0.235. The molecule has 2 rings (SSSR count). The van der Waals surface area contributed by atoms with Crippen molar-refractivity contribution in [1.29, 1.82) is 0 Å². The van der Waals surface area contributed by atoms with Crippen LogP contribution in [0.3, 0.4) is 0 Å². The van der Waals surface area contributed by atoms with Crippen molar-refractivity contribution >= 4 is 29.0 Å². The lowest BCUT2D eigenvalue weighted by Crippen LogP contribution is -1.99. The third-order valence-corrected chi connectivity index (χ3v) is 3.78. The smallest absolute Gasteiger partial charge is 0.162 e. The predicted octanol–water partition coefficient (Wildman–Crippen LogP) is 5.56. The Bertz CT molecular complexity index is 621. The van der Waals surface area contributed by atoms with Gasteiger partial charge in [-0.25, -0.2) is 0 Å². The fourth-order valence-corrected chi connectivity index (χ4v) is 2.23. The molecule has 0 aliphatic carbocycles. The maximum Gasteiger partial charge on any atom is 0.162 e. The minimum atomic E-state index is 0.161. The lowest BCUT2D eigenvalue weighted by Gasteiger charge is -2.08. The molecule has 0 heterocycles. The third kappa shape index (κ3) is 4.48. The Morgan fingerprint density at radius 1 is 1.05 bits per heavy atom. The van der Waals surface area contributed by atoms with Gasteiger partial charge < -0.3 is 4.74 Å². The van der Waals surface area contributed by atoms with E-state index in [2.05, 4.69) is 0 Å². The van der Waals surface area contributed by atoms with Crippen LogP contribution in [-0.2, 0) is 6.61 Å². The Hall–Kier alpha value is -1.51. The van der Waals surface area contributed by atoms with Crippen LogP contribution in [0.5, 0.6) is 5.75 Å². The van der Waals surface area contributed by atoms with Gasteiger partial charge in [-0.2, -0.15) is 0 Å². The Morgan fingerprint density at radius 2 is 1.76 bits per heavy atom. The first-order valence-corrected chi connectivity index (χ1v) is 7.55. The molecule has 0 atom stereocenters. The van der Waals surface area contributed by atoms with Crippen molar-refractivity contribution in [2.75, 3.05) is 0 Å². The first kappa shape index (κ1) is 15.9. The second kappa shape index (κ2) is 7.48. The molecule has 0 aliphatic rings. The van der Waals surface area contributed by atoms with Gasteiger partial charge in [0, 0.05) is 12.0 Å². The lowest BCUT2D eigenvalue weighted by atomic mass is 10.1. The number of hydrogen-bond acceptors (Lipinski definition) is 2. The fourth-order valence-electron chi connectivity index (χ4n) is 1.90. The van der Waals surface area contributed by atoms with Gasteiger partial charge in [0.2, 0.25) is 0 Å². The molecule has 0 bridgehead atoms. The number of ether oxygens (including phenoxy) is 1. The number of ketones is 1. The van der Waals surface area contributed by atoms with Crippen LogP contribution in [0.15, 0.2) is 42.5 Å². The minimum absolute atomic E-state index is 0.161. The van der Waals surface area contributed by atoms with E-state index in [4.69, 9.17) is 27.9 Å². The highest BCUT2D eigenvalue weighted by Gasteiger charge is 2.05. The van der Waals surface area contributed by atoms with Gasteiger partial charge in [-0.05, 0) is 48.4 Å². The molecule has 2 aromatic rings. The summed E-state index contributed by atoms with van der Waals surface area (Å²) in [6.07, 6.45) is 1.43. The van der Waals surface area contributed by atoms with Crippen LogP contribution < -0.4 is 4.74 Å². The topological polar surface area (TPSA) is 26.3 Å². The van der Waals surface area contributed by atoms with Crippen LogP contribution in [0.4, 0.5) is 0 Å². The molecule has 0 unspecified atom stereocenters. The quantitative estimate of drug-likeness (QED) is 0.651. The molecule has 0 fully saturated rings. The van der Waals surface area contributed by atoms with E-state index in [9.17, 15) is 4.79 Å². The molecule has 0 radical (unpaired) electrons. The zero-order valence-electron chi connectivity index (χ0n) is 11.7. The average Bonchev–Trinajstić information content (AvgIpc) is 2.49. The van der Waals surface area contributed by atoms with E-state index >= 15 is 0 Å². The summed E-state index contributed by atoms with van der Waals surface area (Å²) in [6, 6.07) is 12.6. The molecule has 2 aromatic carbocycles. The van der Waals surface area contributed by atoms with Gasteiger partial charge in [0.25, 0.3) is 0 Å². The number of rotatable bonds is 6. The SMILES string of the molecule is CCCC(=O)c1ccc(OCc2ccc(Cl)c(Cl)c2)cc1.